The lowest BCUT2D eigenvalue weighted by atomic mass is 10.3. The molecule has 0 aliphatic carbocycles. The van der Waals surface area contributed by atoms with E-state index in [0.29, 0.717) is 12.3 Å². The summed E-state index contributed by atoms with van der Waals surface area (Å²) in [6, 6.07) is 2.82. The van der Waals surface area contributed by atoms with Gasteiger partial charge in [0.15, 0.2) is 0 Å². The van der Waals surface area contributed by atoms with Gasteiger partial charge in [-0.3, -0.25) is 4.79 Å². The second-order valence-electron chi connectivity index (χ2n) is 3.45. The Balaban J connectivity index is 2.58. The highest BCUT2D eigenvalue weighted by molar-refractivity contribution is 5.95. The molecule has 1 rings (SSSR count). The molecule has 1 unspecified atom stereocenters. The van der Waals surface area contributed by atoms with Crippen LogP contribution in [0, 0.1) is 0 Å². The van der Waals surface area contributed by atoms with Gasteiger partial charge in [-0.1, -0.05) is 0 Å². The molecule has 0 fully saturated rings. The molecule has 0 radical (unpaired) electrons. The molecule has 1 atom stereocenters. The number of nitrogens with zero attached hydrogens (tertiary/aromatic N) is 1. The maximum atomic E-state index is 11.7. The summed E-state index contributed by atoms with van der Waals surface area (Å²) in [5, 5.41) is 2.57. The third-order valence-electron chi connectivity index (χ3n) is 2.16. The summed E-state index contributed by atoms with van der Waals surface area (Å²) >= 11 is 0. The molecule has 0 bridgehead atoms. The van der Waals surface area contributed by atoms with E-state index in [9.17, 15) is 9.59 Å². The number of aromatic nitrogens is 1. The molecular formula is C11H16N2O3. The van der Waals surface area contributed by atoms with Crippen molar-refractivity contribution in [1.82, 2.24) is 9.88 Å². The summed E-state index contributed by atoms with van der Waals surface area (Å²) in [6.07, 6.45) is 1.77. The summed E-state index contributed by atoms with van der Waals surface area (Å²) in [5.41, 5.74) is 0.510. The minimum atomic E-state index is -0.637. The highest BCUT2D eigenvalue weighted by Crippen LogP contribution is 2.00. The maximum Gasteiger partial charge on any atom is 0.328 e. The van der Waals surface area contributed by atoms with E-state index in [-0.39, 0.29) is 5.91 Å². The number of amides is 1. The lowest BCUT2D eigenvalue weighted by molar-refractivity contribution is -0.144. The van der Waals surface area contributed by atoms with Crippen LogP contribution in [-0.4, -0.2) is 29.1 Å². The molecule has 88 valence electrons. The quantitative estimate of drug-likeness (QED) is 0.766. The van der Waals surface area contributed by atoms with Gasteiger partial charge < -0.3 is 14.6 Å². The average molecular weight is 224 g/mol. The molecule has 0 saturated carbocycles. The number of aryl methyl sites for hydroxylation is 1. The Hall–Kier alpha value is -1.78. The molecular weight excluding hydrogens is 208 g/mol. The van der Waals surface area contributed by atoms with Crippen molar-refractivity contribution < 1.29 is 14.3 Å². The Kier molecular flexibility index (Phi) is 4.10. The molecule has 1 aromatic rings. The van der Waals surface area contributed by atoms with Crippen LogP contribution in [0.15, 0.2) is 18.3 Å². The molecule has 0 aliphatic heterocycles. The average Bonchev–Trinajstić information content (AvgIpc) is 2.64. The third-order valence-corrected chi connectivity index (χ3v) is 2.16. The molecule has 0 spiro atoms. The van der Waals surface area contributed by atoms with Gasteiger partial charge in [0.25, 0.3) is 5.91 Å². The van der Waals surface area contributed by atoms with Crippen LogP contribution in [0.5, 0.6) is 0 Å². The monoisotopic (exact) mass is 224 g/mol. The van der Waals surface area contributed by atoms with Gasteiger partial charge in [-0.05, 0) is 26.0 Å². The number of ether oxygens (including phenoxy) is 1. The van der Waals surface area contributed by atoms with E-state index in [1.54, 1.807) is 43.8 Å². The summed E-state index contributed by atoms with van der Waals surface area (Å²) in [7, 11) is 1.77. The van der Waals surface area contributed by atoms with Crippen molar-refractivity contribution in [2.24, 2.45) is 7.05 Å². The molecule has 5 nitrogen and oxygen atoms in total. The first-order chi connectivity index (χ1) is 7.56. The van der Waals surface area contributed by atoms with Crippen molar-refractivity contribution in [2.75, 3.05) is 6.61 Å². The fourth-order valence-corrected chi connectivity index (χ4v) is 1.29. The minimum Gasteiger partial charge on any atom is -0.464 e. The lowest BCUT2D eigenvalue weighted by Crippen LogP contribution is -2.40. The van der Waals surface area contributed by atoms with Gasteiger partial charge in [0.05, 0.1) is 6.61 Å². The van der Waals surface area contributed by atoms with Crippen LogP contribution < -0.4 is 5.32 Å². The van der Waals surface area contributed by atoms with Crippen molar-refractivity contribution in [3.63, 3.8) is 0 Å². The standard InChI is InChI=1S/C11H16N2O3/c1-4-16-11(15)8(2)12-10(14)9-6-5-7-13(9)3/h5-8H,4H2,1-3H3,(H,12,14). The number of rotatable bonds is 4. The third kappa shape index (κ3) is 2.85. The van der Waals surface area contributed by atoms with Crippen molar-refractivity contribution in [3.05, 3.63) is 24.0 Å². The first kappa shape index (κ1) is 12.3. The van der Waals surface area contributed by atoms with E-state index in [4.69, 9.17) is 4.74 Å². The van der Waals surface area contributed by atoms with Gasteiger partial charge >= 0.3 is 5.97 Å². The van der Waals surface area contributed by atoms with E-state index in [2.05, 4.69) is 5.32 Å². The molecule has 0 aliphatic rings. The number of hydrogen-bond donors (Lipinski definition) is 1. The fourth-order valence-electron chi connectivity index (χ4n) is 1.29. The fraction of sp³-hybridized carbons (Fsp3) is 0.455. The zero-order chi connectivity index (χ0) is 12.1. The molecule has 0 saturated heterocycles. The van der Waals surface area contributed by atoms with Crippen LogP contribution >= 0.6 is 0 Å². The second-order valence-corrected chi connectivity index (χ2v) is 3.45. The van der Waals surface area contributed by atoms with Crippen molar-refractivity contribution in [2.45, 2.75) is 19.9 Å². The Morgan fingerprint density at radius 1 is 1.56 bits per heavy atom. The first-order valence-corrected chi connectivity index (χ1v) is 5.15. The Labute approximate surface area is 94.4 Å². The Morgan fingerprint density at radius 3 is 2.75 bits per heavy atom. The minimum absolute atomic E-state index is 0.284. The van der Waals surface area contributed by atoms with E-state index in [1.807, 2.05) is 0 Å². The summed E-state index contributed by atoms with van der Waals surface area (Å²) in [5.74, 6) is -0.710. The van der Waals surface area contributed by atoms with Gasteiger partial charge in [0.1, 0.15) is 11.7 Å². The van der Waals surface area contributed by atoms with Crippen molar-refractivity contribution in [1.29, 1.82) is 0 Å². The van der Waals surface area contributed by atoms with Gasteiger partial charge in [-0.15, -0.1) is 0 Å². The molecule has 0 aromatic carbocycles. The first-order valence-electron chi connectivity index (χ1n) is 5.15. The predicted molar refractivity (Wildman–Crippen MR) is 59.0 cm³/mol. The summed E-state index contributed by atoms with van der Waals surface area (Å²) in [6.45, 7) is 3.63. The largest absolute Gasteiger partial charge is 0.464 e. The number of hydrogen-bond acceptors (Lipinski definition) is 3. The number of esters is 1. The van der Waals surface area contributed by atoms with Crippen LogP contribution in [0.4, 0.5) is 0 Å². The molecule has 5 heteroatoms. The van der Waals surface area contributed by atoms with E-state index < -0.39 is 12.0 Å². The maximum absolute atomic E-state index is 11.7. The predicted octanol–water partition coefficient (Wildman–Crippen LogP) is 0.706. The highest BCUT2D eigenvalue weighted by Gasteiger charge is 2.18. The topological polar surface area (TPSA) is 60.3 Å². The molecule has 1 heterocycles. The van der Waals surface area contributed by atoms with Crippen molar-refractivity contribution >= 4 is 11.9 Å². The molecule has 1 amide bonds. The SMILES string of the molecule is CCOC(=O)C(C)NC(=O)c1cccn1C. The van der Waals surface area contributed by atoms with Gasteiger partial charge in [0, 0.05) is 13.2 Å². The Bertz CT molecular complexity index is 384. The van der Waals surface area contributed by atoms with Crippen LogP contribution in [0.1, 0.15) is 24.3 Å². The zero-order valence-electron chi connectivity index (χ0n) is 9.69. The molecule has 16 heavy (non-hydrogen) atoms. The molecule has 1 aromatic heterocycles. The van der Waals surface area contributed by atoms with E-state index in [1.165, 1.54) is 0 Å². The van der Waals surface area contributed by atoms with Crippen LogP contribution in [0.2, 0.25) is 0 Å². The zero-order valence-corrected chi connectivity index (χ0v) is 9.69. The van der Waals surface area contributed by atoms with Gasteiger partial charge in [0.2, 0.25) is 0 Å². The lowest BCUT2D eigenvalue weighted by Gasteiger charge is -2.12. The van der Waals surface area contributed by atoms with E-state index in [0.717, 1.165) is 0 Å². The number of carbonyl (C=O) groups is 2. The second kappa shape index (κ2) is 5.34. The van der Waals surface area contributed by atoms with E-state index >= 15 is 0 Å². The smallest absolute Gasteiger partial charge is 0.328 e. The number of nitrogens with one attached hydrogen (secondary N) is 1. The normalized spacial score (nSPS) is 11.9. The van der Waals surface area contributed by atoms with Crippen LogP contribution in [0.25, 0.3) is 0 Å². The molecule has 1 N–H and O–H groups in total. The number of carbonyl (C=O) groups excluding carboxylic acids is 2. The van der Waals surface area contributed by atoms with Gasteiger partial charge in [-0.25, -0.2) is 4.79 Å². The van der Waals surface area contributed by atoms with Gasteiger partial charge in [-0.2, -0.15) is 0 Å². The van der Waals surface area contributed by atoms with Crippen molar-refractivity contribution in [3.8, 4) is 0 Å². The summed E-state index contributed by atoms with van der Waals surface area (Å²) < 4.78 is 6.48. The summed E-state index contributed by atoms with van der Waals surface area (Å²) in [4.78, 5) is 23.0. The Morgan fingerprint density at radius 2 is 2.25 bits per heavy atom. The van der Waals surface area contributed by atoms with Crippen LogP contribution in [0.3, 0.4) is 0 Å². The van der Waals surface area contributed by atoms with Crippen LogP contribution in [-0.2, 0) is 16.6 Å². The highest BCUT2D eigenvalue weighted by atomic mass is 16.5.